The fraction of sp³-hybridized carbons (Fsp3) is 0.632. The van der Waals surface area contributed by atoms with E-state index in [9.17, 15) is 0 Å². The van der Waals surface area contributed by atoms with Crippen molar-refractivity contribution >= 4 is 5.96 Å². The number of benzene rings is 1. The van der Waals surface area contributed by atoms with E-state index >= 15 is 0 Å². The van der Waals surface area contributed by atoms with Crippen LogP contribution in [0.15, 0.2) is 29.3 Å². The number of hydrogen-bond donors (Lipinski definition) is 2. The molecule has 1 aliphatic heterocycles. The van der Waals surface area contributed by atoms with Crippen LogP contribution in [0.3, 0.4) is 0 Å². The highest BCUT2D eigenvalue weighted by molar-refractivity contribution is 5.79. The summed E-state index contributed by atoms with van der Waals surface area (Å²) < 4.78 is 11.2. The van der Waals surface area contributed by atoms with Gasteiger partial charge in [0.1, 0.15) is 12.4 Å². The number of guanidine groups is 1. The zero-order valence-corrected chi connectivity index (χ0v) is 16.0. The van der Waals surface area contributed by atoms with Crippen molar-refractivity contribution in [3.05, 3.63) is 29.8 Å². The third-order valence-corrected chi connectivity index (χ3v) is 4.43. The normalized spacial score (nSPS) is 16.6. The molecule has 2 rings (SSSR count). The van der Waals surface area contributed by atoms with Crippen molar-refractivity contribution < 1.29 is 9.47 Å². The Kier molecular flexibility index (Phi) is 7.52. The average molecular weight is 348 g/mol. The van der Waals surface area contributed by atoms with Crippen molar-refractivity contribution in [3.63, 3.8) is 0 Å². The fourth-order valence-corrected chi connectivity index (χ4v) is 2.84. The summed E-state index contributed by atoms with van der Waals surface area (Å²) >= 11 is 0. The fourth-order valence-electron chi connectivity index (χ4n) is 2.84. The molecule has 0 aliphatic carbocycles. The molecule has 0 spiro atoms. The molecule has 1 aromatic rings. The van der Waals surface area contributed by atoms with Crippen molar-refractivity contribution in [3.8, 4) is 5.75 Å². The van der Waals surface area contributed by atoms with E-state index in [2.05, 4.69) is 47.4 Å². The number of aryl methyl sites for hydroxylation is 1. The van der Waals surface area contributed by atoms with Crippen LogP contribution in [0.1, 0.15) is 19.4 Å². The number of rotatable bonds is 7. The molecule has 0 amide bonds. The second kappa shape index (κ2) is 9.63. The van der Waals surface area contributed by atoms with E-state index in [1.165, 1.54) is 5.56 Å². The number of hydrogen-bond acceptors (Lipinski definition) is 4. The lowest BCUT2D eigenvalue weighted by Gasteiger charge is -2.41. The summed E-state index contributed by atoms with van der Waals surface area (Å²) in [5.41, 5.74) is 1.26. The standard InChI is InChI=1S/C19H32N4O2/c1-16-6-5-7-17(14-16)25-11-8-21-18(20-4)22-15-19(2,3)23-9-12-24-13-10-23/h5-7,14H,8-13,15H2,1-4H3,(H2,20,21,22). The number of aliphatic imine (C=N–C) groups is 1. The van der Waals surface area contributed by atoms with Crippen LogP contribution in [0.2, 0.25) is 0 Å². The Bertz CT molecular complexity index is 554. The lowest BCUT2D eigenvalue weighted by Crippen LogP contribution is -2.56. The van der Waals surface area contributed by atoms with Crippen LogP contribution < -0.4 is 15.4 Å². The molecule has 1 aromatic carbocycles. The molecule has 0 unspecified atom stereocenters. The Morgan fingerprint density at radius 3 is 2.72 bits per heavy atom. The molecule has 1 heterocycles. The predicted molar refractivity (Wildman–Crippen MR) is 103 cm³/mol. The first-order chi connectivity index (χ1) is 12.0. The van der Waals surface area contributed by atoms with E-state index in [0.29, 0.717) is 13.2 Å². The third-order valence-electron chi connectivity index (χ3n) is 4.43. The van der Waals surface area contributed by atoms with Crippen molar-refractivity contribution in [2.75, 3.05) is 53.0 Å². The Morgan fingerprint density at radius 1 is 1.28 bits per heavy atom. The summed E-state index contributed by atoms with van der Waals surface area (Å²) in [6.45, 7) is 12.3. The van der Waals surface area contributed by atoms with Crippen molar-refractivity contribution in [2.45, 2.75) is 26.3 Å². The van der Waals surface area contributed by atoms with Gasteiger partial charge in [0.15, 0.2) is 5.96 Å². The van der Waals surface area contributed by atoms with Gasteiger partial charge < -0.3 is 20.1 Å². The smallest absolute Gasteiger partial charge is 0.191 e. The van der Waals surface area contributed by atoms with E-state index in [1.54, 1.807) is 7.05 Å². The number of nitrogens with one attached hydrogen (secondary N) is 2. The van der Waals surface area contributed by atoms with Gasteiger partial charge in [-0.05, 0) is 38.5 Å². The zero-order chi connectivity index (χ0) is 18.1. The molecule has 0 atom stereocenters. The molecular formula is C19H32N4O2. The maximum Gasteiger partial charge on any atom is 0.191 e. The van der Waals surface area contributed by atoms with E-state index in [0.717, 1.165) is 44.6 Å². The van der Waals surface area contributed by atoms with Crippen LogP contribution in [0.4, 0.5) is 0 Å². The SMILES string of the molecule is CN=C(NCCOc1cccc(C)c1)NCC(C)(C)N1CCOCC1. The number of morpholine rings is 1. The van der Waals surface area contributed by atoms with Gasteiger partial charge in [0.05, 0.1) is 19.8 Å². The summed E-state index contributed by atoms with van der Waals surface area (Å²) in [7, 11) is 1.79. The maximum atomic E-state index is 5.75. The van der Waals surface area contributed by atoms with E-state index < -0.39 is 0 Å². The summed E-state index contributed by atoms with van der Waals surface area (Å²) in [5, 5.41) is 6.72. The third kappa shape index (κ3) is 6.55. The second-order valence-electron chi connectivity index (χ2n) is 6.93. The minimum Gasteiger partial charge on any atom is -0.492 e. The summed E-state index contributed by atoms with van der Waals surface area (Å²) in [6, 6.07) is 8.09. The van der Waals surface area contributed by atoms with Crippen molar-refractivity contribution in [1.82, 2.24) is 15.5 Å². The largest absolute Gasteiger partial charge is 0.492 e. The molecular weight excluding hydrogens is 316 g/mol. The number of ether oxygens (including phenoxy) is 2. The molecule has 0 aromatic heterocycles. The molecule has 0 saturated carbocycles. The van der Waals surface area contributed by atoms with Gasteiger partial charge in [-0.15, -0.1) is 0 Å². The Labute approximate surface area is 151 Å². The van der Waals surface area contributed by atoms with Gasteiger partial charge in [-0.3, -0.25) is 9.89 Å². The van der Waals surface area contributed by atoms with Crippen LogP contribution >= 0.6 is 0 Å². The minimum absolute atomic E-state index is 0.0550. The van der Waals surface area contributed by atoms with Crippen LogP contribution in [0.5, 0.6) is 5.75 Å². The van der Waals surface area contributed by atoms with E-state index in [1.807, 2.05) is 18.2 Å². The molecule has 1 saturated heterocycles. The van der Waals surface area contributed by atoms with Crippen LogP contribution in [-0.2, 0) is 4.74 Å². The molecule has 2 N–H and O–H groups in total. The van der Waals surface area contributed by atoms with E-state index in [-0.39, 0.29) is 5.54 Å². The Balaban J connectivity index is 1.69. The first-order valence-corrected chi connectivity index (χ1v) is 8.98. The molecule has 0 bridgehead atoms. The topological polar surface area (TPSA) is 58.1 Å². The van der Waals surface area contributed by atoms with Crippen molar-refractivity contribution in [1.29, 1.82) is 0 Å². The Morgan fingerprint density at radius 2 is 2.04 bits per heavy atom. The van der Waals surface area contributed by atoms with Gasteiger partial charge in [0, 0.05) is 32.2 Å². The second-order valence-corrected chi connectivity index (χ2v) is 6.93. The highest BCUT2D eigenvalue weighted by atomic mass is 16.5. The van der Waals surface area contributed by atoms with Gasteiger partial charge >= 0.3 is 0 Å². The molecule has 25 heavy (non-hydrogen) atoms. The highest BCUT2D eigenvalue weighted by Crippen LogP contribution is 2.15. The van der Waals surface area contributed by atoms with Crippen LogP contribution in [-0.4, -0.2) is 69.4 Å². The summed E-state index contributed by atoms with van der Waals surface area (Å²) in [6.07, 6.45) is 0. The number of nitrogens with zero attached hydrogens (tertiary/aromatic N) is 2. The van der Waals surface area contributed by atoms with Gasteiger partial charge in [0.2, 0.25) is 0 Å². The van der Waals surface area contributed by atoms with Gasteiger partial charge in [0.25, 0.3) is 0 Å². The molecule has 6 nitrogen and oxygen atoms in total. The lowest BCUT2D eigenvalue weighted by molar-refractivity contribution is -0.00834. The maximum absolute atomic E-state index is 5.75. The zero-order valence-electron chi connectivity index (χ0n) is 16.0. The first kappa shape index (κ1) is 19.5. The molecule has 6 heteroatoms. The first-order valence-electron chi connectivity index (χ1n) is 8.98. The predicted octanol–water partition coefficient (Wildman–Crippen LogP) is 1.65. The molecule has 1 aliphatic rings. The van der Waals surface area contributed by atoms with E-state index in [4.69, 9.17) is 9.47 Å². The monoisotopic (exact) mass is 348 g/mol. The lowest BCUT2D eigenvalue weighted by atomic mass is 10.0. The molecule has 0 radical (unpaired) electrons. The average Bonchev–Trinajstić information content (AvgIpc) is 2.62. The van der Waals surface area contributed by atoms with Gasteiger partial charge in [-0.2, -0.15) is 0 Å². The minimum atomic E-state index is 0.0550. The van der Waals surface area contributed by atoms with Crippen LogP contribution in [0, 0.1) is 6.92 Å². The van der Waals surface area contributed by atoms with Gasteiger partial charge in [-0.25, -0.2) is 0 Å². The summed E-state index contributed by atoms with van der Waals surface area (Å²) in [4.78, 5) is 6.75. The van der Waals surface area contributed by atoms with Crippen molar-refractivity contribution in [2.24, 2.45) is 4.99 Å². The highest BCUT2D eigenvalue weighted by Gasteiger charge is 2.28. The quantitative estimate of drug-likeness (QED) is 0.446. The molecule has 1 fully saturated rings. The van der Waals surface area contributed by atoms with Gasteiger partial charge in [-0.1, -0.05) is 12.1 Å². The van der Waals surface area contributed by atoms with Crippen LogP contribution in [0.25, 0.3) is 0 Å². The molecule has 140 valence electrons. The summed E-state index contributed by atoms with van der Waals surface area (Å²) in [5.74, 6) is 1.70. The Hall–Kier alpha value is -1.79.